The molecule has 3 nitrogen and oxygen atoms in total. The van der Waals surface area contributed by atoms with Crippen molar-refractivity contribution in [2.45, 2.75) is 39.0 Å². The van der Waals surface area contributed by atoms with Gasteiger partial charge in [-0.25, -0.2) is 9.97 Å². The largest absolute Gasteiger partial charge is 0.384 e. The van der Waals surface area contributed by atoms with Crippen molar-refractivity contribution < 1.29 is 0 Å². The Morgan fingerprint density at radius 2 is 1.88 bits per heavy atom. The van der Waals surface area contributed by atoms with Gasteiger partial charge in [-0.2, -0.15) is 0 Å². The van der Waals surface area contributed by atoms with E-state index in [-0.39, 0.29) is 0 Å². The fourth-order valence-corrected chi connectivity index (χ4v) is 4.53. The molecule has 3 heteroatoms. The number of nitrogens with zero attached hydrogens (tertiary/aromatic N) is 2. The highest BCUT2D eigenvalue weighted by Gasteiger charge is 2.52. The number of aromatic nitrogens is 2. The number of allylic oxidation sites excluding steroid dienone is 1. The molecule has 0 atom stereocenters. The van der Waals surface area contributed by atoms with Gasteiger partial charge >= 0.3 is 0 Å². The minimum absolute atomic E-state index is 0.433. The van der Waals surface area contributed by atoms with E-state index in [4.69, 9.17) is 0 Å². The molecule has 1 heterocycles. The Hall–Kier alpha value is -2.16. The molecule has 124 valence electrons. The molecule has 2 bridgehead atoms. The average molecular weight is 319 g/mol. The molecule has 0 unspecified atom stereocenters. The molecule has 1 aromatic heterocycles. The highest BCUT2D eigenvalue weighted by atomic mass is 14.9. The Bertz CT molecular complexity index is 740. The fraction of sp³-hybridized carbons (Fsp3) is 0.429. The third-order valence-corrected chi connectivity index (χ3v) is 6.11. The second kappa shape index (κ2) is 5.73. The molecule has 0 aliphatic heterocycles. The molecule has 1 aromatic carbocycles. The lowest BCUT2D eigenvalue weighted by Crippen LogP contribution is -2.24. The second-order valence-electron chi connectivity index (χ2n) is 7.70. The Morgan fingerprint density at radius 1 is 1.12 bits per heavy atom. The van der Waals surface area contributed by atoms with Crippen LogP contribution in [0, 0.1) is 17.8 Å². The molecule has 0 amide bonds. The summed E-state index contributed by atoms with van der Waals surface area (Å²) in [4.78, 5) is 8.60. The van der Waals surface area contributed by atoms with Gasteiger partial charge in [-0.3, -0.25) is 0 Å². The number of aryl methyl sites for hydroxylation is 1. The Labute approximate surface area is 144 Å². The van der Waals surface area contributed by atoms with Crippen LogP contribution in [-0.2, 0) is 0 Å². The third-order valence-electron chi connectivity index (χ3n) is 6.11. The van der Waals surface area contributed by atoms with Gasteiger partial charge in [-0.15, -0.1) is 6.58 Å². The van der Waals surface area contributed by atoms with E-state index in [1.54, 1.807) is 0 Å². The smallest absolute Gasteiger partial charge is 0.125 e. The number of nitrogens with one attached hydrogen (secondary N) is 1. The second-order valence-corrected chi connectivity index (χ2v) is 7.70. The Kier molecular flexibility index (Phi) is 3.67. The van der Waals surface area contributed by atoms with Gasteiger partial charge in [-0.1, -0.05) is 18.2 Å². The van der Waals surface area contributed by atoms with Crippen LogP contribution in [0.2, 0.25) is 0 Å². The van der Waals surface area contributed by atoms with E-state index < -0.39 is 0 Å². The van der Waals surface area contributed by atoms with Gasteiger partial charge in [0.2, 0.25) is 0 Å². The van der Waals surface area contributed by atoms with Crippen LogP contribution in [0.3, 0.4) is 0 Å². The van der Waals surface area contributed by atoms with E-state index in [0.29, 0.717) is 10.8 Å². The van der Waals surface area contributed by atoms with Gasteiger partial charge in [0, 0.05) is 30.2 Å². The minimum atomic E-state index is 0.433. The van der Waals surface area contributed by atoms with E-state index in [9.17, 15) is 0 Å². The Balaban J connectivity index is 1.47. The van der Waals surface area contributed by atoms with Crippen LogP contribution in [0.5, 0.6) is 0 Å². The summed E-state index contributed by atoms with van der Waals surface area (Å²) in [5.41, 5.74) is 4.32. The molecule has 0 radical (unpaired) electrons. The zero-order valence-electron chi connectivity index (χ0n) is 14.4. The maximum absolute atomic E-state index is 4.30. The predicted molar refractivity (Wildman–Crippen MR) is 98.8 cm³/mol. The average Bonchev–Trinajstić information content (AvgIpc) is 3.18. The monoisotopic (exact) mass is 319 g/mol. The summed E-state index contributed by atoms with van der Waals surface area (Å²) in [5, 5.41) is 3.69. The lowest BCUT2D eigenvalue weighted by atomic mass is 9.82. The van der Waals surface area contributed by atoms with Crippen LogP contribution < -0.4 is 5.32 Å². The van der Waals surface area contributed by atoms with Gasteiger partial charge in [0.15, 0.2) is 0 Å². The number of anilines is 1. The summed E-state index contributed by atoms with van der Waals surface area (Å²) in [5.74, 6) is 0.806. The van der Waals surface area contributed by atoms with Crippen molar-refractivity contribution in [2.24, 2.45) is 10.8 Å². The first kappa shape index (κ1) is 15.4. The van der Waals surface area contributed by atoms with Crippen LogP contribution in [0.25, 0.3) is 11.1 Å². The van der Waals surface area contributed by atoms with Crippen LogP contribution in [0.4, 0.5) is 5.69 Å². The topological polar surface area (TPSA) is 37.8 Å². The number of hydrogen-bond donors (Lipinski definition) is 1. The summed E-state index contributed by atoms with van der Waals surface area (Å²) in [7, 11) is 0. The molecular weight excluding hydrogens is 294 g/mol. The third kappa shape index (κ3) is 2.72. The van der Waals surface area contributed by atoms with E-state index in [0.717, 1.165) is 23.5 Å². The van der Waals surface area contributed by atoms with Crippen molar-refractivity contribution in [3.8, 4) is 11.1 Å². The standard InChI is InChI=1S/C21H25N3/c1-3-20-7-9-21(14-20,10-8-20)15-24-19-6-4-5-17(11-19)18-12-22-16(2)23-13-18/h3-6,11-13,24H,1,7-10,14-15H2,2H3. The van der Waals surface area contributed by atoms with Crippen molar-refractivity contribution in [3.05, 3.63) is 55.1 Å². The number of hydrogen-bond acceptors (Lipinski definition) is 3. The Morgan fingerprint density at radius 3 is 2.54 bits per heavy atom. The van der Waals surface area contributed by atoms with Crippen molar-refractivity contribution >= 4 is 5.69 Å². The fourth-order valence-electron chi connectivity index (χ4n) is 4.53. The maximum Gasteiger partial charge on any atom is 0.125 e. The SMILES string of the molecule is C=CC12CCC(CNc3cccc(-c4cnc(C)nc4)c3)(CC1)C2. The molecule has 0 saturated heterocycles. The minimum Gasteiger partial charge on any atom is -0.384 e. The molecular formula is C21H25N3. The highest BCUT2D eigenvalue weighted by molar-refractivity contribution is 5.66. The van der Waals surface area contributed by atoms with E-state index in [1.165, 1.54) is 37.8 Å². The van der Waals surface area contributed by atoms with Gasteiger partial charge in [0.05, 0.1) is 0 Å². The van der Waals surface area contributed by atoms with Crippen molar-refractivity contribution in [1.82, 2.24) is 9.97 Å². The normalized spacial score (nSPS) is 28.0. The molecule has 4 rings (SSSR count). The van der Waals surface area contributed by atoms with Crippen molar-refractivity contribution in [2.75, 3.05) is 11.9 Å². The quantitative estimate of drug-likeness (QED) is 0.788. The predicted octanol–water partition coefficient (Wildman–Crippen LogP) is 5.00. The summed E-state index contributed by atoms with van der Waals surface area (Å²) in [6.45, 7) is 7.06. The van der Waals surface area contributed by atoms with Crippen molar-refractivity contribution in [3.63, 3.8) is 0 Å². The summed E-state index contributed by atoms with van der Waals surface area (Å²) in [6.07, 6.45) is 12.6. The number of benzene rings is 1. The van der Waals surface area contributed by atoms with Crippen LogP contribution in [0.15, 0.2) is 49.3 Å². The zero-order chi connectivity index (χ0) is 16.6. The molecule has 24 heavy (non-hydrogen) atoms. The van der Waals surface area contributed by atoms with Gasteiger partial charge in [0.1, 0.15) is 5.82 Å². The first-order valence-electron chi connectivity index (χ1n) is 8.89. The molecule has 2 aliphatic carbocycles. The van der Waals surface area contributed by atoms with E-state index in [1.807, 2.05) is 19.3 Å². The summed E-state index contributed by atoms with van der Waals surface area (Å²) >= 11 is 0. The molecule has 2 aromatic rings. The number of rotatable bonds is 5. The molecule has 2 fully saturated rings. The highest BCUT2D eigenvalue weighted by Crippen LogP contribution is 2.61. The van der Waals surface area contributed by atoms with E-state index in [2.05, 4.69) is 52.2 Å². The van der Waals surface area contributed by atoms with Crippen molar-refractivity contribution in [1.29, 1.82) is 0 Å². The van der Waals surface area contributed by atoms with Gasteiger partial charge in [-0.05, 0) is 67.6 Å². The lowest BCUT2D eigenvalue weighted by Gasteiger charge is -2.27. The molecule has 1 N–H and O–H groups in total. The molecule has 2 aliphatic rings. The summed E-state index contributed by atoms with van der Waals surface area (Å²) < 4.78 is 0. The number of fused-ring (bicyclic) bond motifs is 2. The molecule has 2 saturated carbocycles. The first-order chi connectivity index (χ1) is 11.6. The zero-order valence-corrected chi connectivity index (χ0v) is 14.4. The first-order valence-corrected chi connectivity index (χ1v) is 8.89. The van der Waals surface area contributed by atoms with Crippen LogP contribution >= 0.6 is 0 Å². The van der Waals surface area contributed by atoms with Crippen LogP contribution in [0.1, 0.15) is 37.9 Å². The molecule has 0 spiro atoms. The summed E-state index contributed by atoms with van der Waals surface area (Å²) in [6, 6.07) is 8.58. The van der Waals surface area contributed by atoms with Gasteiger partial charge < -0.3 is 5.32 Å². The van der Waals surface area contributed by atoms with E-state index >= 15 is 0 Å². The maximum atomic E-state index is 4.30. The van der Waals surface area contributed by atoms with Gasteiger partial charge in [0.25, 0.3) is 0 Å². The van der Waals surface area contributed by atoms with Crippen LogP contribution in [-0.4, -0.2) is 16.5 Å². The lowest BCUT2D eigenvalue weighted by molar-refractivity contribution is 0.310.